The Morgan fingerprint density at radius 2 is 1.74 bits per heavy atom. The lowest BCUT2D eigenvalue weighted by Gasteiger charge is -2.00. The van der Waals surface area contributed by atoms with Crippen molar-refractivity contribution in [3.63, 3.8) is 0 Å². The Labute approximate surface area is 139 Å². The zero-order valence-electron chi connectivity index (χ0n) is 12.7. The van der Waals surface area contributed by atoms with E-state index in [1.165, 1.54) is 5.56 Å². The maximum atomic E-state index is 9.29. The molecule has 1 N–H and O–H groups in total. The number of aromatic hydroxyl groups is 1. The van der Waals surface area contributed by atoms with Crippen molar-refractivity contribution in [3.8, 4) is 17.2 Å². The van der Waals surface area contributed by atoms with Crippen molar-refractivity contribution < 1.29 is 9.52 Å². The lowest BCUT2D eigenvalue weighted by atomic mass is 10.1. The van der Waals surface area contributed by atoms with Crippen molar-refractivity contribution in [3.05, 3.63) is 66.1 Å². The average molecular weight is 326 g/mol. The molecule has 3 rings (SSSR count). The van der Waals surface area contributed by atoms with Crippen LogP contribution in [0.25, 0.3) is 11.5 Å². The Morgan fingerprint density at radius 1 is 0.957 bits per heavy atom. The molecule has 0 atom stereocenters. The predicted octanol–water partition coefficient (Wildman–Crippen LogP) is 4.31. The Hall–Kier alpha value is -2.27. The van der Waals surface area contributed by atoms with E-state index in [1.807, 2.05) is 6.07 Å². The second kappa shape index (κ2) is 7.83. The third-order valence-corrected chi connectivity index (χ3v) is 4.43. The van der Waals surface area contributed by atoms with Crippen molar-refractivity contribution in [2.45, 2.75) is 18.6 Å². The summed E-state index contributed by atoms with van der Waals surface area (Å²) in [5.41, 5.74) is 2.19. The number of phenolic OH excluding ortho intramolecular Hbond substituents is 1. The van der Waals surface area contributed by atoms with Gasteiger partial charge in [0.1, 0.15) is 5.75 Å². The van der Waals surface area contributed by atoms with Crippen LogP contribution in [-0.4, -0.2) is 21.1 Å². The minimum atomic E-state index is 0.225. The highest BCUT2D eigenvalue weighted by molar-refractivity contribution is 7.98. The van der Waals surface area contributed by atoms with Crippen molar-refractivity contribution >= 4 is 11.8 Å². The van der Waals surface area contributed by atoms with E-state index in [0.717, 1.165) is 29.9 Å². The van der Waals surface area contributed by atoms with Crippen LogP contribution >= 0.6 is 11.8 Å². The number of rotatable bonds is 7. The first kappa shape index (κ1) is 15.6. The molecule has 0 spiro atoms. The lowest BCUT2D eigenvalue weighted by Crippen LogP contribution is -1.88. The second-order valence-corrected chi connectivity index (χ2v) is 6.29. The van der Waals surface area contributed by atoms with Crippen LogP contribution in [-0.2, 0) is 12.2 Å². The van der Waals surface area contributed by atoms with Gasteiger partial charge in [0.05, 0.1) is 5.75 Å². The van der Waals surface area contributed by atoms with Crippen LogP contribution in [0.3, 0.4) is 0 Å². The zero-order valence-corrected chi connectivity index (χ0v) is 13.5. The molecule has 0 saturated heterocycles. The molecule has 0 aliphatic carbocycles. The quantitative estimate of drug-likeness (QED) is 0.656. The van der Waals surface area contributed by atoms with E-state index in [4.69, 9.17) is 4.42 Å². The summed E-state index contributed by atoms with van der Waals surface area (Å²) in [6.07, 6.45) is 2.23. The molecule has 0 aliphatic heterocycles. The van der Waals surface area contributed by atoms with E-state index in [2.05, 4.69) is 34.5 Å². The average Bonchev–Trinajstić information content (AvgIpc) is 3.05. The molecule has 118 valence electrons. The van der Waals surface area contributed by atoms with E-state index in [0.29, 0.717) is 11.8 Å². The molecule has 0 aliphatic rings. The van der Waals surface area contributed by atoms with Crippen LogP contribution in [0.2, 0.25) is 0 Å². The molecule has 0 unspecified atom stereocenters. The van der Waals surface area contributed by atoms with Crippen LogP contribution in [0.1, 0.15) is 17.9 Å². The summed E-state index contributed by atoms with van der Waals surface area (Å²) < 4.78 is 5.65. The maximum Gasteiger partial charge on any atom is 0.247 e. The number of aromatic nitrogens is 2. The van der Waals surface area contributed by atoms with Gasteiger partial charge in [0.2, 0.25) is 11.8 Å². The van der Waals surface area contributed by atoms with Gasteiger partial charge in [-0.1, -0.05) is 30.3 Å². The number of aryl methyl sites for hydroxylation is 1. The zero-order chi connectivity index (χ0) is 15.9. The summed E-state index contributed by atoms with van der Waals surface area (Å²) in [6, 6.07) is 17.3. The fraction of sp³-hybridized carbons (Fsp3) is 0.222. The highest BCUT2D eigenvalue weighted by Gasteiger charge is 2.08. The van der Waals surface area contributed by atoms with Crippen molar-refractivity contribution in [2.75, 3.05) is 5.75 Å². The standard InChI is InChI=1S/C18H18N2O2S/c21-16-10-8-15(9-11-16)18-20-19-17(22-18)13-23-12-4-7-14-5-2-1-3-6-14/h1-3,5-6,8-11,21H,4,7,12-13H2. The fourth-order valence-electron chi connectivity index (χ4n) is 2.22. The van der Waals surface area contributed by atoms with Gasteiger partial charge in [-0.3, -0.25) is 0 Å². The van der Waals surface area contributed by atoms with E-state index >= 15 is 0 Å². The van der Waals surface area contributed by atoms with Gasteiger partial charge in [-0.15, -0.1) is 10.2 Å². The minimum absolute atomic E-state index is 0.225. The van der Waals surface area contributed by atoms with Crippen LogP contribution < -0.4 is 0 Å². The molecule has 2 aromatic carbocycles. The molecular formula is C18H18N2O2S. The Bertz CT molecular complexity index is 726. The predicted molar refractivity (Wildman–Crippen MR) is 92.3 cm³/mol. The Kier molecular flexibility index (Phi) is 5.32. The third-order valence-electron chi connectivity index (χ3n) is 3.40. The van der Waals surface area contributed by atoms with Crippen LogP contribution in [0, 0.1) is 0 Å². The summed E-state index contributed by atoms with van der Waals surface area (Å²) in [6.45, 7) is 0. The molecule has 23 heavy (non-hydrogen) atoms. The van der Waals surface area contributed by atoms with Gasteiger partial charge in [0, 0.05) is 5.56 Å². The van der Waals surface area contributed by atoms with Crippen molar-refractivity contribution in [1.29, 1.82) is 0 Å². The molecule has 5 heteroatoms. The molecule has 0 amide bonds. The van der Waals surface area contributed by atoms with E-state index in [1.54, 1.807) is 36.0 Å². The highest BCUT2D eigenvalue weighted by Crippen LogP contribution is 2.22. The van der Waals surface area contributed by atoms with Gasteiger partial charge in [-0.05, 0) is 48.4 Å². The molecule has 1 aromatic heterocycles. The number of hydrogen-bond acceptors (Lipinski definition) is 5. The minimum Gasteiger partial charge on any atom is -0.508 e. The molecule has 4 nitrogen and oxygen atoms in total. The summed E-state index contributed by atoms with van der Waals surface area (Å²) >= 11 is 1.80. The van der Waals surface area contributed by atoms with Gasteiger partial charge in [0.25, 0.3) is 0 Å². The van der Waals surface area contributed by atoms with Gasteiger partial charge < -0.3 is 9.52 Å². The number of nitrogens with zero attached hydrogens (tertiary/aromatic N) is 2. The normalized spacial score (nSPS) is 10.8. The van der Waals surface area contributed by atoms with Gasteiger partial charge in [-0.25, -0.2) is 0 Å². The van der Waals surface area contributed by atoms with E-state index < -0.39 is 0 Å². The number of thioether (sulfide) groups is 1. The first-order chi connectivity index (χ1) is 11.3. The molecule has 1 heterocycles. The summed E-state index contributed by atoms with van der Waals surface area (Å²) in [5.74, 6) is 3.14. The van der Waals surface area contributed by atoms with Crippen LogP contribution in [0.15, 0.2) is 59.0 Å². The molecule has 3 aromatic rings. The summed E-state index contributed by atoms with van der Waals surface area (Å²) in [4.78, 5) is 0. The summed E-state index contributed by atoms with van der Waals surface area (Å²) in [5, 5.41) is 17.4. The fourth-order valence-corrected chi connectivity index (χ4v) is 3.00. The second-order valence-electron chi connectivity index (χ2n) is 5.19. The van der Waals surface area contributed by atoms with E-state index in [9.17, 15) is 5.11 Å². The molecule has 0 fully saturated rings. The summed E-state index contributed by atoms with van der Waals surface area (Å²) in [7, 11) is 0. The number of benzene rings is 2. The Balaban J connectivity index is 1.43. The highest BCUT2D eigenvalue weighted by atomic mass is 32.2. The Morgan fingerprint density at radius 3 is 2.52 bits per heavy atom. The van der Waals surface area contributed by atoms with Crippen LogP contribution in [0.5, 0.6) is 5.75 Å². The third kappa shape index (κ3) is 4.60. The topological polar surface area (TPSA) is 59.2 Å². The molecule has 0 bridgehead atoms. The first-order valence-corrected chi connectivity index (χ1v) is 8.70. The molecule has 0 saturated carbocycles. The largest absolute Gasteiger partial charge is 0.508 e. The number of phenols is 1. The first-order valence-electron chi connectivity index (χ1n) is 7.55. The lowest BCUT2D eigenvalue weighted by molar-refractivity contribution is 0.475. The van der Waals surface area contributed by atoms with Gasteiger partial charge in [-0.2, -0.15) is 11.8 Å². The van der Waals surface area contributed by atoms with Crippen molar-refractivity contribution in [1.82, 2.24) is 10.2 Å². The molecule has 0 radical (unpaired) electrons. The number of hydrogen-bond donors (Lipinski definition) is 1. The van der Waals surface area contributed by atoms with Gasteiger partial charge in [0.15, 0.2) is 0 Å². The van der Waals surface area contributed by atoms with Gasteiger partial charge >= 0.3 is 0 Å². The smallest absolute Gasteiger partial charge is 0.247 e. The van der Waals surface area contributed by atoms with Crippen LogP contribution in [0.4, 0.5) is 0 Å². The molecular weight excluding hydrogens is 308 g/mol. The SMILES string of the molecule is Oc1ccc(-c2nnc(CSCCCc3ccccc3)o2)cc1. The van der Waals surface area contributed by atoms with E-state index in [-0.39, 0.29) is 5.75 Å². The van der Waals surface area contributed by atoms with Crippen molar-refractivity contribution in [2.24, 2.45) is 0 Å². The maximum absolute atomic E-state index is 9.29. The monoisotopic (exact) mass is 326 g/mol.